The van der Waals surface area contributed by atoms with Crippen LogP contribution in [0.15, 0.2) is 54.7 Å². The van der Waals surface area contributed by atoms with E-state index in [0.717, 1.165) is 45.0 Å². The Morgan fingerprint density at radius 2 is 1.92 bits per heavy atom. The first-order valence-corrected chi connectivity index (χ1v) is 8.06. The van der Waals surface area contributed by atoms with E-state index in [4.69, 9.17) is 9.84 Å². The monoisotopic (exact) mass is 331 g/mol. The standard InChI is InChI=1S/C20H14FN3O/c1-12-2-7-18-16(8-12)20-14(11-25-18)10-22-19-9-17(23-24(19)20)13-3-5-15(21)6-4-13/h2-10H,11H2,1H3. The van der Waals surface area contributed by atoms with Crippen LogP contribution in [0.2, 0.25) is 0 Å². The molecular weight excluding hydrogens is 317 g/mol. The van der Waals surface area contributed by atoms with E-state index >= 15 is 0 Å². The number of aryl methyl sites for hydroxylation is 1. The van der Waals surface area contributed by atoms with Crippen molar-refractivity contribution in [2.75, 3.05) is 0 Å². The third-order valence-electron chi connectivity index (χ3n) is 4.47. The van der Waals surface area contributed by atoms with Gasteiger partial charge in [-0.2, -0.15) is 5.10 Å². The van der Waals surface area contributed by atoms with E-state index in [1.54, 1.807) is 12.1 Å². The fourth-order valence-electron chi connectivity index (χ4n) is 3.23. The van der Waals surface area contributed by atoms with Gasteiger partial charge in [-0.1, -0.05) is 11.6 Å². The highest BCUT2D eigenvalue weighted by Crippen LogP contribution is 2.38. The summed E-state index contributed by atoms with van der Waals surface area (Å²) in [6.07, 6.45) is 1.84. The quantitative estimate of drug-likeness (QED) is 0.519. The largest absolute Gasteiger partial charge is 0.488 e. The van der Waals surface area contributed by atoms with Gasteiger partial charge in [0.15, 0.2) is 5.65 Å². The van der Waals surface area contributed by atoms with Crippen molar-refractivity contribution in [3.8, 4) is 28.3 Å². The van der Waals surface area contributed by atoms with Gasteiger partial charge >= 0.3 is 0 Å². The van der Waals surface area contributed by atoms with Gasteiger partial charge in [0, 0.05) is 29.0 Å². The molecule has 25 heavy (non-hydrogen) atoms. The smallest absolute Gasteiger partial charge is 0.156 e. The molecule has 0 bridgehead atoms. The Labute approximate surface area is 143 Å². The molecular formula is C20H14FN3O. The van der Waals surface area contributed by atoms with Crippen LogP contribution in [0.25, 0.3) is 28.2 Å². The first-order valence-electron chi connectivity index (χ1n) is 8.06. The lowest BCUT2D eigenvalue weighted by Crippen LogP contribution is -2.11. The first kappa shape index (κ1) is 14.2. The van der Waals surface area contributed by atoms with Crippen molar-refractivity contribution in [3.63, 3.8) is 0 Å². The van der Waals surface area contributed by atoms with Crippen LogP contribution in [0, 0.1) is 12.7 Å². The average molecular weight is 331 g/mol. The van der Waals surface area contributed by atoms with Crippen LogP contribution in [0.4, 0.5) is 4.39 Å². The van der Waals surface area contributed by atoms with Crippen LogP contribution in [0.3, 0.4) is 0 Å². The third-order valence-corrected chi connectivity index (χ3v) is 4.47. The minimum absolute atomic E-state index is 0.260. The summed E-state index contributed by atoms with van der Waals surface area (Å²) in [7, 11) is 0. The molecule has 4 aromatic rings. The lowest BCUT2D eigenvalue weighted by molar-refractivity contribution is 0.300. The first-order chi connectivity index (χ1) is 12.2. The van der Waals surface area contributed by atoms with Crippen molar-refractivity contribution in [1.82, 2.24) is 14.6 Å². The molecule has 2 aromatic heterocycles. The van der Waals surface area contributed by atoms with E-state index < -0.39 is 0 Å². The van der Waals surface area contributed by atoms with Crippen LogP contribution in [-0.2, 0) is 6.61 Å². The van der Waals surface area contributed by atoms with Crippen molar-refractivity contribution in [1.29, 1.82) is 0 Å². The molecule has 3 heterocycles. The fraction of sp³-hybridized carbons (Fsp3) is 0.100. The molecule has 5 rings (SSSR count). The van der Waals surface area contributed by atoms with Gasteiger partial charge in [0.05, 0.1) is 11.4 Å². The van der Waals surface area contributed by atoms with Crippen molar-refractivity contribution in [2.45, 2.75) is 13.5 Å². The number of benzene rings is 2. The second-order valence-electron chi connectivity index (χ2n) is 6.23. The van der Waals surface area contributed by atoms with Gasteiger partial charge in [-0.05, 0) is 43.3 Å². The van der Waals surface area contributed by atoms with E-state index in [0.29, 0.717) is 6.61 Å². The Morgan fingerprint density at radius 3 is 2.76 bits per heavy atom. The van der Waals surface area contributed by atoms with Gasteiger partial charge in [0.25, 0.3) is 0 Å². The summed E-state index contributed by atoms with van der Waals surface area (Å²) in [4.78, 5) is 4.50. The van der Waals surface area contributed by atoms with Crippen molar-refractivity contribution >= 4 is 5.65 Å². The Bertz CT molecular complexity index is 1120. The zero-order chi connectivity index (χ0) is 17.0. The van der Waals surface area contributed by atoms with E-state index in [9.17, 15) is 4.39 Å². The van der Waals surface area contributed by atoms with Crippen LogP contribution < -0.4 is 4.74 Å². The normalized spacial score (nSPS) is 12.6. The predicted octanol–water partition coefficient (Wildman–Crippen LogP) is 4.40. The van der Waals surface area contributed by atoms with Crippen molar-refractivity contribution in [3.05, 3.63) is 71.7 Å². The number of nitrogens with zero attached hydrogens (tertiary/aromatic N) is 3. The van der Waals surface area contributed by atoms with Gasteiger partial charge in [0.1, 0.15) is 18.2 Å². The molecule has 5 heteroatoms. The summed E-state index contributed by atoms with van der Waals surface area (Å²) >= 11 is 0. The van der Waals surface area contributed by atoms with Crippen molar-refractivity contribution in [2.24, 2.45) is 0 Å². The third kappa shape index (κ3) is 2.20. The van der Waals surface area contributed by atoms with Gasteiger partial charge < -0.3 is 4.74 Å². The number of aromatic nitrogens is 3. The van der Waals surface area contributed by atoms with E-state index in [1.165, 1.54) is 12.1 Å². The van der Waals surface area contributed by atoms with E-state index in [-0.39, 0.29) is 5.82 Å². The summed E-state index contributed by atoms with van der Waals surface area (Å²) in [6, 6.07) is 14.4. The Morgan fingerprint density at radius 1 is 1.08 bits per heavy atom. The summed E-state index contributed by atoms with van der Waals surface area (Å²) in [5, 5.41) is 4.73. The lowest BCUT2D eigenvalue weighted by Gasteiger charge is -2.21. The minimum Gasteiger partial charge on any atom is -0.488 e. The maximum Gasteiger partial charge on any atom is 0.156 e. The fourth-order valence-corrected chi connectivity index (χ4v) is 3.23. The Kier molecular flexibility index (Phi) is 2.91. The second-order valence-corrected chi connectivity index (χ2v) is 6.23. The Balaban J connectivity index is 1.76. The molecule has 0 N–H and O–H groups in total. The van der Waals surface area contributed by atoms with Gasteiger partial charge in [-0.25, -0.2) is 13.9 Å². The predicted molar refractivity (Wildman–Crippen MR) is 92.9 cm³/mol. The molecule has 0 saturated carbocycles. The van der Waals surface area contributed by atoms with E-state index in [1.807, 2.05) is 28.9 Å². The molecule has 0 aliphatic carbocycles. The Hall–Kier alpha value is -3.21. The molecule has 122 valence electrons. The molecule has 0 fully saturated rings. The summed E-state index contributed by atoms with van der Waals surface area (Å²) in [6.45, 7) is 2.53. The van der Waals surface area contributed by atoms with Gasteiger partial charge in [0.2, 0.25) is 0 Å². The molecule has 1 aliphatic heterocycles. The topological polar surface area (TPSA) is 39.4 Å². The van der Waals surface area contributed by atoms with Crippen LogP contribution in [0.5, 0.6) is 5.75 Å². The highest BCUT2D eigenvalue weighted by Gasteiger charge is 2.22. The highest BCUT2D eigenvalue weighted by atomic mass is 19.1. The number of hydrogen-bond donors (Lipinski definition) is 0. The zero-order valence-electron chi connectivity index (χ0n) is 13.5. The number of halogens is 1. The molecule has 0 radical (unpaired) electrons. The zero-order valence-corrected chi connectivity index (χ0v) is 13.5. The van der Waals surface area contributed by atoms with Crippen molar-refractivity contribution < 1.29 is 9.13 Å². The molecule has 0 saturated heterocycles. The minimum atomic E-state index is -0.260. The van der Waals surface area contributed by atoms with Crippen LogP contribution in [-0.4, -0.2) is 14.6 Å². The maximum atomic E-state index is 13.2. The highest BCUT2D eigenvalue weighted by molar-refractivity contribution is 5.75. The lowest BCUT2D eigenvalue weighted by atomic mass is 10.0. The van der Waals surface area contributed by atoms with Crippen LogP contribution >= 0.6 is 0 Å². The summed E-state index contributed by atoms with van der Waals surface area (Å²) in [5.74, 6) is 0.592. The number of rotatable bonds is 1. The second kappa shape index (κ2) is 5.14. The molecule has 0 spiro atoms. The van der Waals surface area contributed by atoms with Crippen LogP contribution in [0.1, 0.15) is 11.1 Å². The molecule has 0 amide bonds. The number of hydrogen-bond acceptors (Lipinski definition) is 3. The van der Waals surface area contributed by atoms with Gasteiger partial charge in [-0.3, -0.25) is 0 Å². The SMILES string of the molecule is Cc1ccc2c(c1)-c1c(cnc3cc(-c4ccc(F)cc4)nn13)CO2. The van der Waals surface area contributed by atoms with Gasteiger partial charge in [-0.15, -0.1) is 0 Å². The molecule has 0 atom stereocenters. The summed E-state index contributed by atoms with van der Waals surface area (Å²) in [5.41, 5.74) is 6.56. The molecule has 1 aliphatic rings. The molecule has 0 unspecified atom stereocenters. The molecule has 4 nitrogen and oxygen atoms in total. The maximum absolute atomic E-state index is 13.2. The van der Waals surface area contributed by atoms with E-state index in [2.05, 4.69) is 18.0 Å². The number of ether oxygens (including phenoxy) is 1. The summed E-state index contributed by atoms with van der Waals surface area (Å²) < 4.78 is 20.9. The molecule has 2 aromatic carbocycles. The average Bonchev–Trinajstić information content (AvgIpc) is 3.06. The number of fused-ring (bicyclic) bond motifs is 5.